The zero-order chi connectivity index (χ0) is 14.8. The first-order valence-electron chi connectivity index (χ1n) is 6.30. The summed E-state index contributed by atoms with van der Waals surface area (Å²) in [5.41, 5.74) is 8.80. The van der Waals surface area contributed by atoms with Gasteiger partial charge in [-0.05, 0) is 24.3 Å². The maximum atomic E-state index is 10.7. The zero-order valence-electron chi connectivity index (χ0n) is 11.0. The van der Waals surface area contributed by atoms with Crippen molar-refractivity contribution in [1.29, 1.82) is 0 Å². The lowest BCUT2D eigenvalue weighted by Gasteiger charge is -2.00. The van der Waals surface area contributed by atoms with E-state index in [2.05, 4.69) is 5.10 Å². The summed E-state index contributed by atoms with van der Waals surface area (Å²) in [5, 5.41) is 15.1. The Labute approximate surface area is 120 Å². The van der Waals surface area contributed by atoms with Gasteiger partial charge in [0.1, 0.15) is 5.69 Å². The molecular formula is C15H12N4O2. The lowest BCUT2D eigenvalue weighted by atomic mass is 10.1. The van der Waals surface area contributed by atoms with Crippen LogP contribution in [0.4, 0.5) is 11.4 Å². The molecule has 0 fully saturated rings. The molecule has 0 aliphatic rings. The van der Waals surface area contributed by atoms with Crippen LogP contribution in [0.15, 0.2) is 60.8 Å². The van der Waals surface area contributed by atoms with Crippen LogP contribution in [0, 0.1) is 10.1 Å². The molecule has 21 heavy (non-hydrogen) atoms. The van der Waals surface area contributed by atoms with Gasteiger partial charge in [0.05, 0.1) is 22.5 Å². The highest BCUT2D eigenvalue weighted by atomic mass is 16.6. The van der Waals surface area contributed by atoms with Crippen molar-refractivity contribution in [2.45, 2.75) is 0 Å². The second kappa shape index (κ2) is 5.09. The van der Waals surface area contributed by atoms with Crippen LogP contribution >= 0.6 is 0 Å². The monoisotopic (exact) mass is 280 g/mol. The summed E-state index contributed by atoms with van der Waals surface area (Å²) in [6.45, 7) is 0. The number of rotatable bonds is 3. The minimum absolute atomic E-state index is 0.0415. The number of para-hydroxylation sites is 1. The number of aromatic nitrogens is 2. The number of non-ortho nitro benzene ring substituents is 1. The van der Waals surface area contributed by atoms with Gasteiger partial charge in [-0.1, -0.05) is 18.2 Å². The van der Waals surface area contributed by atoms with Crippen molar-refractivity contribution < 1.29 is 4.92 Å². The van der Waals surface area contributed by atoms with Crippen molar-refractivity contribution in [3.05, 3.63) is 70.9 Å². The molecule has 0 bridgehead atoms. The molecule has 0 unspecified atom stereocenters. The number of nitrogen functional groups attached to an aromatic ring is 1. The second-order valence-electron chi connectivity index (χ2n) is 4.52. The molecule has 2 aromatic carbocycles. The number of hydrogen-bond acceptors (Lipinski definition) is 4. The third kappa shape index (κ3) is 2.46. The van der Waals surface area contributed by atoms with Crippen molar-refractivity contribution in [2.24, 2.45) is 0 Å². The number of hydrogen-bond donors (Lipinski definition) is 1. The Kier molecular flexibility index (Phi) is 3.12. The first-order chi connectivity index (χ1) is 10.1. The zero-order valence-corrected chi connectivity index (χ0v) is 11.0. The third-order valence-electron chi connectivity index (χ3n) is 3.11. The first kappa shape index (κ1) is 12.9. The highest BCUT2D eigenvalue weighted by molar-refractivity contribution is 5.73. The average molecular weight is 280 g/mol. The SMILES string of the molecule is Nc1cn(-c2ccccc2)nc1-c1ccc([N+](=O)[O-])cc1. The first-order valence-corrected chi connectivity index (χ1v) is 6.30. The van der Waals surface area contributed by atoms with E-state index in [0.29, 0.717) is 11.4 Å². The second-order valence-corrected chi connectivity index (χ2v) is 4.52. The summed E-state index contributed by atoms with van der Waals surface area (Å²) in [4.78, 5) is 10.2. The number of benzene rings is 2. The molecule has 3 aromatic rings. The summed E-state index contributed by atoms with van der Waals surface area (Å²) in [6, 6.07) is 15.8. The van der Waals surface area contributed by atoms with Gasteiger partial charge in [0, 0.05) is 17.7 Å². The largest absolute Gasteiger partial charge is 0.396 e. The fourth-order valence-corrected chi connectivity index (χ4v) is 2.07. The number of nitro benzene ring substituents is 1. The molecule has 0 spiro atoms. The van der Waals surface area contributed by atoms with Gasteiger partial charge in [0.25, 0.3) is 5.69 Å². The van der Waals surface area contributed by atoms with Crippen molar-refractivity contribution in [1.82, 2.24) is 9.78 Å². The molecule has 0 atom stereocenters. The molecule has 1 aromatic heterocycles. The molecule has 3 rings (SSSR count). The molecule has 0 radical (unpaired) electrons. The highest BCUT2D eigenvalue weighted by Gasteiger charge is 2.11. The third-order valence-corrected chi connectivity index (χ3v) is 3.11. The molecule has 2 N–H and O–H groups in total. The molecule has 104 valence electrons. The summed E-state index contributed by atoms with van der Waals surface area (Å²) < 4.78 is 1.69. The van der Waals surface area contributed by atoms with E-state index < -0.39 is 4.92 Å². The van der Waals surface area contributed by atoms with Crippen LogP contribution in [0.2, 0.25) is 0 Å². The quantitative estimate of drug-likeness (QED) is 0.590. The molecule has 0 aliphatic heterocycles. The molecule has 1 heterocycles. The van der Waals surface area contributed by atoms with Gasteiger partial charge in [-0.3, -0.25) is 10.1 Å². The molecule has 0 aliphatic carbocycles. The Balaban J connectivity index is 2.00. The predicted molar refractivity (Wildman–Crippen MR) is 80.1 cm³/mol. The van der Waals surface area contributed by atoms with Crippen molar-refractivity contribution >= 4 is 11.4 Å². The van der Waals surface area contributed by atoms with Crippen LogP contribution in [0.5, 0.6) is 0 Å². The smallest absolute Gasteiger partial charge is 0.269 e. The summed E-state index contributed by atoms with van der Waals surface area (Å²) in [6.07, 6.45) is 1.73. The van der Waals surface area contributed by atoms with Gasteiger partial charge in [-0.2, -0.15) is 5.10 Å². The normalized spacial score (nSPS) is 10.5. The summed E-state index contributed by atoms with van der Waals surface area (Å²) in [5.74, 6) is 0. The fraction of sp³-hybridized carbons (Fsp3) is 0. The number of nitro groups is 1. The number of nitrogens with zero attached hydrogens (tertiary/aromatic N) is 3. The lowest BCUT2D eigenvalue weighted by Crippen LogP contribution is -1.94. The Morgan fingerprint density at radius 2 is 1.71 bits per heavy atom. The van der Waals surface area contributed by atoms with Crippen LogP contribution in [-0.2, 0) is 0 Å². The number of nitrogens with two attached hydrogens (primary N) is 1. The molecule has 0 saturated heterocycles. The minimum Gasteiger partial charge on any atom is -0.396 e. The maximum absolute atomic E-state index is 10.7. The standard InChI is InChI=1S/C15H12N4O2/c16-14-10-18(12-4-2-1-3-5-12)17-15(14)11-6-8-13(9-7-11)19(20)21/h1-10H,16H2. The van der Waals surface area contributed by atoms with Gasteiger partial charge < -0.3 is 5.73 Å². The van der Waals surface area contributed by atoms with Crippen LogP contribution in [-0.4, -0.2) is 14.7 Å². The fourth-order valence-electron chi connectivity index (χ4n) is 2.07. The average Bonchev–Trinajstić information content (AvgIpc) is 2.90. The van der Waals surface area contributed by atoms with E-state index in [0.717, 1.165) is 11.3 Å². The Hall–Kier alpha value is -3.15. The van der Waals surface area contributed by atoms with Gasteiger partial charge in [0.15, 0.2) is 0 Å². The lowest BCUT2D eigenvalue weighted by molar-refractivity contribution is -0.384. The van der Waals surface area contributed by atoms with E-state index >= 15 is 0 Å². The maximum Gasteiger partial charge on any atom is 0.269 e. The number of anilines is 1. The predicted octanol–water partition coefficient (Wildman–Crippen LogP) is 3.03. The van der Waals surface area contributed by atoms with Crippen LogP contribution in [0.1, 0.15) is 0 Å². The summed E-state index contributed by atoms with van der Waals surface area (Å²) in [7, 11) is 0. The van der Waals surface area contributed by atoms with Crippen molar-refractivity contribution in [2.75, 3.05) is 5.73 Å². The Morgan fingerprint density at radius 1 is 1.05 bits per heavy atom. The molecular weight excluding hydrogens is 268 g/mol. The minimum atomic E-state index is -0.435. The van der Waals surface area contributed by atoms with Crippen LogP contribution < -0.4 is 5.73 Å². The van der Waals surface area contributed by atoms with Crippen molar-refractivity contribution in [3.63, 3.8) is 0 Å². The Bertz CT molecular complexity index is 779. The molecule has 6 heteroatoms. The summed E-state index contributed by atoms with van der Waals surface area (Å²) >= 11 is 0. The van der Waals surface area contributed by atoms with Crippen molar-refractivity contribution in [3.8, 4) is 16.9 Å². The molecule has 0 amide bonds. The van der Waals surface area contributed by atoms with Gasteiger partial charge in [-0.15, -0.1) is 0 Å². The van der Waals surface area contributed by atoms with Gasteiger partial charge in [-0.25, -0.2) is 4.68 Å². The molecule has 0 saturated carbocycles. The van der Waals surface area contributed by atoms with Crippen LogP contribution in [0.3, 0.4) is 0 Å². The van der Waals surface area contributed by atoms with E-state index in [1.54, 1.807) is 23.0 Å². The van der Waals surface area contributed by atoms with Gasteiger partial charge in [0.2, 0.25) is 0 Å². The van der Waals surface area contributed by atoms with E-state index in [1.165, 1.54) is 12.1 Å². The topological polar surface area (TPSA) is 87.0 Å². The van der Waals surface area contributed by atoms with E-state index in [9.17, 15) is 10.1 Å². The van der Waals surface area contributed by atoms with E-state index in [-0.39, 0.29) is 5.69 Å². The van der Waals surface area contributed by atoms with E-state index in [1.807, 2.05) is 30.3 Å². The highest BCUT2D eigenvalue weighted by Crippen LogP contribution is 2.27. The molecule has 6 nitrogen and oxygen atoms in total. The van der Waals surface area contributed by atoms with E-state index in [4.69, 9.17) is 5.73 Å². The Morgan fingerprint density at radius 3 is 2.33 bits per heavy atom. The van der Waals surface area contributed by atoms with Crippen LogP contribution in [0.25, 0.3) is 16.9 Å². The van der Waals surface area contributed by atoms with Gasteiger partial charge >= 0.3 is 0 Å².